The lowest BCUT2D eigenvalue weighted by Crippen LogP contribution is -2.28. The second-order valence-corrected chi connectivity index (χ2v) is 6.83. The molecule has 2 aliphatic rings. The Hall–Kier alpha value is -1.42. The predicted octanol–water partition coefficient (Wildman–Crippen LogP) is 3.36. The molecular weight excluding hydrogens is 306 g/mol. The first-order chi connectivity index (χ1) is 10.8. The summed E-state index contributed by atoms with van der Waals surface area (Å²) in [4.78, 5) is 6.85. The predicted molar refractivity (Wildman–Crippen MR) is 96.7 cm³/mol. The number of nitrogens with one attached hydrogen (secondary N) is 1. The molecule has 0 aliphatic carbocycles. The highest BCUT2D eigenvalue weighted by Gasteiger charge is 2.39. The number of hydrogen-bond acceptors (Lipinski definition) is 3. The summed E-state index contributed by atoms with van der Waals surface area (Å²) in [5, 5.41) is 3.54. The Bertz CT molecular complexity index is 638. The molecule has 1 aromatic carbocycles. The smallest absolute Gasteiger partial charge is 0.0346 e. The van der Waals surface area contributed by atoms with Crippen LogP contribution in [0.1, 0.15) is 18.4 Å². The van der Waals surface area contributed by atoms with Crippen LogP contribution in [0.15, 0.2) is 48.8 Å². The van der Waals surface area contributed by atoms with Crippen LogP contribution < -0.4 is 5.32 Å². The number of pyridine rings is 1. The molecule has 1 aromatic heterocycles. The summed E-state index contributed by atoms with van der Waals surface area (Å²) in [7, 11) is 0. The van der Waals surface area contributed by atoms with E-state index in [9.17, 15) is 0 Å². The molecule has 2 fully saturated rings. The Morgan fingerprint density at radius 3 is 2.83 bits per heavy atom. The van der Waals surface area contributed by atoms with Gasteiger partial charge in [-0.05, 0) is 60.2 Å². The molecule has 0 bridgehead atoms. The van der Waals surface area contributed by atoms with Gasteiger partial charge in [0.15, 0.2) is 0 Å². The second kappa shape index (κ2) is 7.00. The average Bonchev–Trinajstić information content (AvgIpc) is 3.19. The topological polar surface area (TPSA) is 28.2 Å². The largest absolute Gasteiger partial charge is 0.316 e. The number of likely N-dealkylation sites (tertiary alicyclic amines) is 1. The molecule has 1 spiro atoms. The molecule has 0 amide bonds. The molecule has 1 atom stereocenters. The van der Waals surface area contributed by atoms with Crippen LogP contribution >= 0.6 is 12.4 Å². The Morgan fingerprint density at radius 1 is 1.13 bits per heavy atom. The van der Waals surface area contributed by atoms with Crippen LogP contribution in [0.4, 0.5) is 0 Å². The summed E-state index contributed by atoms with van der Waals surface area (Å²) in [5.41, 5.74) is 4.43. The minimum Gasteiger partial charge on any atom is -0.316 e. The molecule has 4 rings (SSSR count). The summed E-state index contributed by atoms with van der Waals surface area (Å²) in [5.74, 6) is 0. The first-order valence-electron chi connectivity index (χ1n) is 8.26. The van der Waals surface area contributed by atoms with Gasteiger partial charge in [0, 0.05) is 32.0 Å². The highest BCUT2D eigenvalue weighted by atomic mass is 35.5. The molecule has 0 radical (unpaired) electrons. The second-order valence-electron chi connectivity index (χ2n) is 6.83. The SMILES string of the molecule is Cl.c1cncc(-c2cccc(CN3CCC4(CCNC4)C3)c2)c1. The molecule has 3 nitrogen and oxygen atoms in total. The molecule has 4 heteroatoms. The standard InChI is InChI=1S/C19H23N3.ClH/c1-3-16(11-17(4-1)18-5-2-8-20-12-18)13-22-10-7-19(15-22)6-9-21-14-19;/h1-5,8,11-12,21H,6-7,9-10,13-15H2;1H. The van der Waals surface area contributed by atoms with Gasteiger partial charge < -0.3 is 5.32 Å². The van der Waals surface area contributed by atoms with Gasteiger partial charge in [0.2, 0.25) is 0 Å². The van der Waals surface area contributed by atoms with E-state index in [1.807, 2.05) is 18.5 Å². The van der Waals surface area contributed by atoms with Crippen molar-refractivity contribution in [3.8, 4) is 11.1 Å². The first kappa shape index (κ1) is 16.4. The maximum absolute atomic E-state index is 4.22. The number of nitrogens with zero attached hydrogens (tertiary/aromatic N) is 2. The third kappa shape index (κ3) is 3.57. The highest BCUT2D eigenvalue weighted by Crippen LogP contribution is 2.36. The van der Waals surface area contributed by atoms with Gasteiger partial charge in [-0.3, -0.25) is 9.88 Å². The lowest BCUT2D eigenvalue weighted by Gasteiger charge is -2.23. The van der Waals surface area contributed by atoms with Gasteiger partial charge >= 0.3 is 0 Å². The fourth-order valence-corrected chi connectivity index (χ4v) is 3.95. The van der Waals surface area contributed by atoms with Crippen molar-refractivity contribution in [1.29, 1.82) is 0 Å². The molecule has 2 aliphatic heterocycles. The van der Waals surface area contributed by atoms with E-state index in [0.29, 0.717) is 5.41 Å². The van der Waals surface area contributed by atoms with Crippen LogP contribution in [0.2, 0.25) is 0 Å². The number of halogens is 1. The molecule has 23 heavy (non-hydrogen) atoms. The molecule has 0 saturated carbocycles. The molecule has 3 heterocycles. The van der Waals surface area contributed by atoms with Crippen molar-refractivity contribution in [1.82, 2.24) is 15.2 Å². The lowest BCUT2D eigenvalue weighted by atomic mass is 9.86. The van der Waals surface area contributed by atoms with Crippen LogP contribution in [-0.2, 0) is 6.54 Å². The lowest BCUT2D eigenvalue weighted by molar-refractivity contribution is 0.269. The monoisotopic (exact) mass is 329 g/mol. The number of aromatic nitrogens is 1. The van der Waals surface area contributed by atoms with E-state index >= 15 is 0 Å². The first-order valence-corrected chi connectivity index (χ1v) is 8.26. The third-order valence-corrected chi connectivity index (χ3v) is 5.18. The van der Waals surface area contributed by atoms with Gasteiger partial charge in [0.1, 0.15) is 0 Å². The number of hydrogen-bond donors (Lipinski definition) is 1. The van der Waals surface area contributed by atoms with E-state index in [-0.39, 0.29) is 12.4 Å². The normalized spacial score (nSPS) is 24.0. The number of benzene rings is 1. The molecule has 1 unspecified atom stereocenters. The summed E-state index contributed by atoms with van der Waals surface area (Å²) in [6.45, 7) is 5.95. The zero-order valence-electron chi connectivity index (χ0n) is 13.4. The molecule has 1 N–H and O–H groups in total. The van der Waals surface area contributed by atoms with Gasteiger partial charge in [-0.1, -0.05) is 24.3 Å². The van der Waals surface area contributed by atoms with E-state index in [0.717, 1.165) is 6.54 Å². The maximum Gasteiger partial charge on any atom is 0.0346 e. The minimum absolute atomic E-state index is 0. The Labute approximate surface area is 144 Å². The third-order valence-electron chi connectivity index (χ3n) is 5.18. The Morgan fingerprint density at radius 2 is 2.04 bits per heavy atom. The van der Waals surface area contributed by atoms with Gasteiger partial charge in [-0.25, -0.2) is 0 Å². The Balaban J connectivity index is 0.00000156. The van der Waals surface area contributed by atoms with E-state index < -0.39 is 0 Å². The van der Waals surface area contributed by atoms with Crippen molar-refractivity contribution < 1.29 is 0 Å². The van der Waals surface area contributed by atoms with Gasteiger partial charge in [-0.2, -0.15) is 0 Å². The van der Waals surface area contributed by atoms with Gasteiger partial charge in [0.25, 0.3) is 0 Å². The maximum atomic E-state index is 4.22. The van der Waals surface area contributed by atoms with Gasteiger partial charge in [-0.15, -0.1) is 12.4 Å². The van der Waals surface area contributed by atoms with Crippen molar-refractivity contribution >= 4 is 12.4 Å². The van der Waals surface area contributed by atoms with Crippen molar-refractivity contribution in [3.63, 3.8) is 0 Å². The zero-order chi connectivity index (χ0) is 14.8. The van der Waals surface area contributed by atoms with E-state index in [1.54, 1.807) is 0 Å². The van der Waals surface area contributed by atoms with Crippen molar-refractivity contribution in [3.05, 3.63) is 54.4 Å². The van der Waals surface area contributed by atoms with Crippen LogP contribution in [0.5, 0.6) is 0 Å². The van der Waals surface area contributed by atoms with Crippen LogP contribution in [0, 0.1) is 5.41 Å². The van der Waals surface area contributed by atoms with Gasteiger partial charge in [0.05, 0.1) is 0 Å². The van der Waals surface area contributed by atoms with E-state index in [2.05, 4.69) is 45.5 Å². The fourth-order valence-electron chi connectivity index (χ4n) is 3.95. The quantitative estimate of drug-likeness (QED) is 0.936. The van der Waals surface area contributed by atoms with Crippen LogP contribution in [0.25, 0.3) is 11.1 Å². The molecular formula is C19H24ClN3. The average molecular weight is 330 g/mol. The summed E-state index contributed by atoms with van der Waals surface area (Å²) in [6, 6.07) is 13.0. The zero-order valence-corrected chi connectivity index (χ0v) is 14.2. The summed E-state index contributed by atoms with van der Waals surface area (Å²) >= 11 is 0. The van der Waals surface area contributed by atoms with E-state index in [4.69, 9.17) is 0 Å². The molecule has 122 valence electrons. The summed E-state index contributed by atoms with van der Waals surface area (Å²) in [6.07, 6.45) is 6.46. The Kier molecular flexibility index (Phi) is 5.00. The van der Waals surface area contributed by atoms with Crippen LogP contribution in [-0.4, -0.2) is 36.1 Å². The number of rotatable bonds is 3. The van der Waals surface area contributed by atoms with Crippen molar-refractivity contribution in [2.75, 3.05) is 26.2 Å². The van der Waals surface area contributed by atoms with Crippen LogP contribution in [0.3, 0.4) is 0 Å². The van der Waals surface area contributed by atoms with E-state index in [1.165, 1.54) is 55.7 Å². The van der Waals surface area contributed by atoms with Crippen molar-refractivity contribution in [2.45, 2.75) is 19.4 Å². The molecule has 2 aromatic rings. The van der Waals surface area contributed by atoms with Crippen molar-refractivity contribution in [2.24, 2.45) is 5.41 Å². The summed E-state index contributed by atoms with van der Waals surface area (Å²) < 4.78 is 0. The minimum atomic E-state index is 0. The highest BCUT2D eigenvalue weighted by molar-refractivity contribution is 5.85. The molecule has 2 saturated heterocycles. The fraction of sp³-hybridized carbons (Fsp3) is 0.421.